The molecule has 0 rings (SSSR count). The molecule has 0 aliphatic rings. The topological polar surface area (TPSA) is 12.0 Å². The molecule has 1 N–H and O–H groups in total. The van der Waals surface area contributed by atoms with Crippen LogP contribution in [0.5, 0.6) is 0 Å². The fraction of sp³-hybridized carbons (Fsp3) is 1.00. The van der Waals surface area contributed by atoms with E-state index in [1.165, 1.54) is 77.2 Å². The van der Waals surface area contributed by atoms with Gasteiger partial charge in [-0.2, -0.15) is 0 Å². The van der Waals surface area contributed by atoms with E-state index in [0.717, 1.165) is 6.04 Å². The Hall–Kier alpha value is -0.0400. The SMILES string of the molecule is CCCCCCCCCCC(CC(C)(C)C)NCCC. The van der Waals surface area contributed by atoms with Crippen molar-refractivity contribution < 1.29 is 0 Å². The van der Waals surface area contributed by atoms with Gasteiger partial charge in [0.15, 0.2) is 0 Å². The third-order valence-corrected chi connectivity index (χ3v) is 3.95. The highest BCUT2D eigenvalue weighted by Crippen LogP contribution is 2.23. The fourth-order valence-corrected chi connectivity index (χ4v) is 2.89. The maximum atomic E-state index is 3.74. The molecule has 0 aromatic heterocycles. The molecule has 20 heavy (non-hydrogen) atoms. The monoisotopic (exact) mass is 283 g/mol. The Labute approximate surface area is 129 Å². The Kier molecular flexibility index (Phi) is 12.7. The first-order chi connectivity index (χ1) is 9.49. The third kappa shape index (κ3) is 14.4. The van der Waals surface area contributed by atoms with Gasteiger partial charge in [0, 0.05) is 6.04 Å². The van der Waals surface area contributed by atoms with Crippen LogP contribution in [0.3, 0.4) is 0 Å². The predicted octanol–water partition coefficient (Wildman–Crippen LogP) is 6.32. The Balaban J connectivity index is 3.63. The van der Waals surface area contributed by atoms with Crippen LogP contribution in [0, 0.1) is 5.41 Å². The average Bonchev–Trinajstić information content (AvgIpc) is 2.37. The van der Waals surface area contributed by atoms with Gasteiger partial charge in [-0.3, -0.25) is 0 Å². The van der Waals surface area contributed by atoms with E-state index < -0.39 is 0 Å². The summed E-state index contributed by atoms with van der Waals surface area (Å²) >= 11 is 0. The van der Waals surface area contributed by atoms with Crippen molar-refractivity contribution >= 4 is 0 Å². The summed E-state index contributed by atoms with van der Waals surface area (Å²) in [6.45, 7) is 12.8. The largest absolute Gasteiger partial charge is 0.314 e. The highest BCUT2D eigenvalue weighted by Gasteiger charge is 2.17. The van der Waals surface area contributed by atoms with Gasteiger partial charge in [0.25, 0.3) is 0 Å². The lowest BCUT2D eigenvalue weighted by Crippen LogP contribution is -2.33. The van der Waals surface area contributed by atoms with Crippen molar-refractivity contribution in [1.82, 2.24) is 5.32 Å². The molecule has 1 unspecified atom stereocenters. The third-order valence-electron chi connectivity index (χ3n) is 3.95. The smallest absolute Gasteiger partial charge is 0.00720 e. The van der Waals surface area contributed by atoms with E-state index in [4.69, 9.17) is 0 Å². The van der Waals surface area contributed by atoms with E-state index in [1.54, 1.807) is 0 Å². The standard InChI is InChI=1S/C19H41N/c1-6-8-9-10-11-12-13-14-15-18(20-16-7-2)17-19(3,4)5/h18,20H,6-17H2,1-5H3. The lowest BCUT2D eigenvalue weighted by Gasteiger charge is -2.27. The minimum Gasteiger partial charge on any atom is -0.314 e. The quantitative estimate of drug-likeness (QED) is 0.390. The maximum absolute atomic E-state index is 3.74. The van der Waals surface area contributed by atoms with Gasteiger partial charge in [-0.05, 0) is 31.2 Å². The van der Waals surface area contributed by atoms with Crippen LogP contribution in [0.2, 0.25) is 0 Å². The molecular weight excluding hydrogens is 242 g/mol. The normalized spacial score (nSPS) is 13.7. The molecule has 0 aromatic carbocycles. The number of rotatable bonds is 13. The van der Waals surface area contributed by atoms with E-state index in [1.807, 2.05) is 0 Å². The molecule has 0 aliphatic heterocycles. The van der Waals surface area contributed by atoms with Crippen molar-refractivity contribution in [1.29, 1.82) is 0 Å². The summed E-state index contributed by atoms with van der Waals surface area (Å²) in [6.07, 6.45) is 15.3. The summed E-state index contributed by atoms with van der Waals surface area (Å²) in [7, 11) is 0. The zero-order valence-electron chi connectivity index (χ0n) is 15.1. The molecule has 0 radical (unpaired) electrons. The van der Waals surface area contributed by atoms with Crippen LogP contribution in [-0.2, 0) is 0 Å². The number of hydrogen-bond acceptors (Lipinski definition) is 1. The van der Waals surface area contributed by atoms with Gasteiger partial charge in [-0.25, -0.2) is 0 Å². The number of nitrogens with one attached hydrogen (secondary N) is 1. The minimum absolute atomic E-state index is 0.450. The zero-order valence-corrected chi connectivity index (χ0v) is 15.1. The van der Waals surface area contributed by atoms with Crippen molar-refractivity contribution in [2.75, 3.05) is 6.54 Å². The lowest BCUT2D eigenvalue weighted by atomic mass is 9.86. The highest BCUT2D eigenvalue weighted by atomic mass is 14.9. The molecule has 0 bridgehead atoms. The van der Waals surface area contributed by atoms with Crippen LogP contribution in [0.25, 0.3) is 0 Å². The van der Waals surface area contributed by atoms with E-state index in [9.17, 15) is 0 Å². The van der Waals surface area contributed by atoms with E-state index in [2.05, 4.69) is 39.9 Å². The molecule has 0 aromatic rings. The summed E-state index contributed by atoms with van der Waals surface area (Å²) < 4.78 is 0. The fourth-order valence-electron chi connectivity index (χ4n) is 2.89. The van der Waals surface area contributed by atoms with Crippen molar-refractivity contribution in [3.8, 4) is 0 Å². The van der Waals surface area contributed by atoms with Gasteiger partial charge in [0.1, 0.15) is 0 Å². The molecule has 122 valence electrons. The molecule has 0 fully saturated rings. The number of unbranched alkanes of at least 4 members (excludes halogenated alkanes) is 7. The molecule has 0 aliphatic carbocycles. The van der Waals surface area contributed by atoms with E-state index >= 15 is 0 Å². The van der Waals surface area contributed by atoms with Crippen molar-refractivity contribution in [2.45, 2.75) is 111 Å². The van der Waals surface area contributed by atoms with Gasteiger partial charge >= 0.3 is 0 Å². The van der Waals surface area contributed by atoms with Crippen molar-refractivity contribution in [3.05, 3.63) is 0 Å². The molecule has 1 heteroatoms. The Bertz CT molecular complexity index is 192. The lowest BCUT2D eigenvalue weighted by molar-refractivity contribution is 0.293. The summed E-state index contributed by atoms with van der Waals surface area (Å²) in [5, 5.41) is 3.74. The summed E-state index contributed by atoms with van der Waals surface area (Å²) in [4.78, 5) is 0. The Morgan fingerprint density at radius 1 is 0.750 bits per heavy atom. The molecular formula is C19H41N. The summed E-state index contributed by atoms with van der Waals surface area (Å²) in [5.74, 6) is 0. The van der Waals surface area contributed by atoms with Gasteiger partial charge < -0.3 is 5.32 Å². The Morgan fingerprint density at radius 2 is 1.30 bits per heavy atom. The molecule has 0 saturated carbocycles. The second-order valence-electron chi connectivity index (χ2n) is 7.68. The van der Waals surface area contributed by atoms with Gasteiger partial charge in [-0.15, -0.1) is 0 Å². The van der Waals surface area contributed by atoms with Crippen molar-refractivity contribution in [2.24, 2.45) is 5.41 Å². The molecule has 1 atom stereocenters. The predicted molar refractivity (Wildman–Crippen MR) is 93.4 cm³/mol. The first kappa shape index (κ1) is 20.0. The van der Waals surface area contributed by atoms with E-state index in [-0.39, 0.29) is 0 Å². The van der Waals surface area contributed by atoms with Gasteiger partial charge in [0.05, 0.1) is 0 Å². The second kappa shape index (κ2) is 12.7. The van der Waals surface area contributed by atoms with Crippen LogP contribution < -0.4 is 5.32 Å². The Morgan fingerprint density at radius 3 is 1.80 bits per heavy atom. The molecule has 0 spiro atoms. The van der Waals surface area contributed by atoms with Crippen LogP contribution in [-0.4, -0.2) is 12.6 Å². The molecule has 0 amide bonds. The maximum Gasteiger partial charge on any atom is 0.00720 e. The van der Waals surface area contributed by atoms with Crippen LogP contribution in [0.15, 0.2) is 0 Å². The van der Waals surface area contributed by atoms with Crippen LogP contribution in [0.1, 0.15) is 105 Å². The highest BCUT2D eigenvalue weighted by molar-refractivity contribution is 4.74. The summed E-state index contributed by atoms with van der Waals surface area (Å²) in [6, 6.07) is 0.732. The zero-order chi connectivity index (χ0) is 15.3. The minimum atomic E-state index is 0.450. The second-order valence-corrected chi connectivity index (χ2v) is 7.68. The van der Waals surface area contributed by atoms with Crippen LogP contribution >= 0.6 is 0 Å². The van der Waals surface area contributed by atoms with Crippen molar-refractivity contribution in [3.63, 3.8) is 0 Å². The van der Waals surface area contributed by atoms with Gasteiger partial charge in [0.2, 0.25) is 0 Å². The van der Waals surface area contributed by atoms with Gasteiger partial charge in [-0.1, -0.05) is 86.0 Å². The molecule has 0 heterocycles. The molecule has 1 nitrogen and oxygen atoms in total. The van der Waals surface area contributed by atoms with Crippen LogP contribution in [0.4, 0.5) is 0 Å². The first-order valence-electron chi connectivity index (χ1n) is 9.23. The first-order valence-corrected chi connectivity index (χ1v) is 9.23. The summed E-state index contributed by atoms with van der Waals surface area (Å²) in [5.41, 5.74) is 0.450. The average molecular weight is 284 g/mol. The number of hydrogen-bond donors (Lipinski definition) is 1. The molecule has 0 saturated heterocycles. The van der Waals surface area contributed by atoms with E-state index in [0.29, 0.717) is 5.41 Å².